The summed E-state index contributed by atoms with van der Waals surface area (Å²) in [6.45, 7) is 11.9. The lowest BCUT2D eigenvalue weighted by molar-refractivity contribution is -0.0779. The van der Waals surface area contributed by atoms with Gasteiger partial charge >= 0.3 is 0 Å². The van der Waals surface area contributed by atoms with Crippen LogP contribution in [-0.4, -0.2) is 85.6 Å². The molecule has 0 unspecified atom stereocenters. The van der Waals surface area contributed by atoms with Crippen LogP contribution >= 0.6 is 0 Å². The SMILES string of the molecule is C[C@@H]1CN(C[C@H](O)CN2CCCNCC2)C[C@@H](C)O1. The van der Waals surface area contributed by atoms with Gasteiger partial charge in [-0.25, -0.2) is 0 Å². The van der Waals surface area contributed by atoms with Gasteiger partial charge in [0.05, 0.1) is 18.3 Å². The Kier molecular flexibility index (Phi) is 6.04. The van der Waals surface area contributed by atoms with Crippen LogP contribution in [0.15, 0.2) is 0 Å². The van der Waals surface area contributed by atoms with E-state index in [0.29, 0.717) is 0 Å². The highest BCUT2D eigenvalue weighted by Crippen LogP contribution is 2.11. The Bertz CT molecular complexity index is 247. The quantitative estimate of drug-likeness (QED) is 0.738. The Morgan fingerprint density at radius 3 is 2.53 bits per heavy atom. The van der Waals surface area contributed by atoms with Crippen LogP contribution in [0, 0.1) is 0 Å². The van der Waals surface area contributed by atoms with Crippen molar-refractivity contribution in [2.24, 2.45) is 0 Å². The van der Waals surface area contributed by atoms with Crippen LogP contribution in [0.5, 0.6) is 0 Å². The van der Waals surface area contributed by atoms with E-state index in [-0.39, 0.29) is 18.3 Å². The van der Waals surface area contributed by atoms with Crippen molar-refractivity contribution in [2.75, 3.05) is 52.4 Å². The summed E-state index contributed by atoms with van der Waals surface area (Å²) < 4.78 is 5.72. The normalized spacial score (nSPS) is 33.0. The van der Waals surface area contributed by atoms with Crippen LogP contribution in [0.2, 0.25) is 0 Å². The predicted octanol–water partition coefficient (Wildman–Crippen LogP) is -0.248. The fraction of sp³-hybridized carbons (Fsp3) is 1.00. The van der Waals surface area contributed by atoms with Gasteiger partial charge in [-0.05, 0) is 33.4 Å². The number of hydrogen-bond acceptors (Lipinski definition) is 5. The van der Waals surface area contributed by atoms with Crippen molar-refractivity contribution in [1.29, 1.82) is 0 Å². The molecule has 0 aliphatic carbocycles. The molecule has 3 atom stereocenters. The zero-order chi connectivity index (χ0) is 13.7. The van der Waals surface area contributed by atoms with E-state index in [1.807, 2.05) is 0 Å². The van der Waals surface area contributed by atoms with Gasteiger partial charge in [-0.15, -0.1) is 0 Å². The zero-order valence-corrected chi connectivity index (χ0v) is 12.3. The lowest BCUT2D eigenvalue weighted by Gasteiger charge is -2.37. The van der Waals surface area contributed by atoms with Gasteiger partial charge in [-0.3, -0.25) is 9.80 Å². The third-order valence-electron chi connectivity index (χ3n) is 3.87. The van der Waals surface area contributed by atoms with E-state index >= 15 is 0 Å². The fourth-order valence-corrected chi connectivity index (χ4v) is 3.17. The van der Waals surface area contributed by atoms with Crippen LogP contribution < -0.4 is 5.32 Å². The van der Waals surface area contributed by atoms with Crippen molar-refractivity contribution in [3.05, 3.63) is 0 Å². The molecule has 0 radical (unpaired) electrons. The lowest BCUT2D eigenvalue weighted by atomic mass is 10.2. The summed E-state index contributed by atoms with van der Waals surface area (Å²) in [6.07, 6.45) is 1.48. The first-order valence-corrected chi connectivity index (χ1v) is 7.62. The molecule has 0 aromatic carbocycles. The second-order valence-electron chi connectivity index (χ2n) is 6.03. The fourth-order valence-electron chi connectivity index (χ4n) is 3.17. The molecule has 112 valence electrons. The molecule has 5 nitrogen and oxygen atoms in total. The standard InChI is InChI=1S/C14H29N3O2/c1-12-8-17(9-13(2)19-12)11-14(18)10-16-6-3-4-15-5-7-16/h12-15,18H,3-11H2,1-2H3/t12-,13-,14-/m1/s1. The third kappa shape index (κ3) is 5.36. The van der Waals surface area contributed by atoms with Gasteiger partial charge in [0.1, 0.15) is 0 Å². The predicted molar refractivity (Wildman–Crippen MR) is 76.4 cm³/mol. The molecule has 0 amide bonds. The molecule has 2 fully saturated rings. The number of aliphatic hydroxyl groups excluding tert-OH is 1. The van der Waals surface area contributed by atoms with E-state index in [0.717, 1.165) is 52.4 Å². The Balaban J connectivity index is 1.72. The summed E-state index contributed by atoms with van der Waals surface area (Å²) in [5.41, 5.74) is 0. The Hall–Kier alpha value is -0.200. The van der Waals surface area contributed by atoms with Gasteiger partial charge in [0.25, 0.3) is 0 Å². The van der Waals surface area contributed by atoms with Gasteiger partial charge in [0.2, 0.25) is 0 Å². The van der Waals surface area contributed by atoms with Crippen molar-refractivity contribution < 1.29 is 9.84 Å². The van der Waals surface area contributed by atoms with E-state index in [2.05, 4.69) is 29.0 Å². The van der Waals surface area contributed by atoms with E-state index < -0.39 is 0 Å². The van der Waals surface area contributed by atoms with Crippen molar-refractivity contribution in [3.8, 4) is 0 Å². The molecule has 2 heterocycles. The topological polar surface area (TPSA) is 48.0 Å². The smallest absolute Gasteiger partial charge is 0.0793 e. The molecule has 2 saturated heterocycles. The molecule has 0 bridgehead atoms. The highest BCUT2D eigenvalue weighted by molar-refractivity contribution is 4.77. The second kappa shape index (κ2) is 7.55. The van der Waals surface area contributed by atoms with Gasteiger partial charge in [-0.2, -0.15) is 0 Å². The van der Waals surface area contributed by atoms with E-state index in [1.54, 1.807) is 0 Å². The molecule has 2 rings (SSSR count). The Morgan fingerprint density at radius 2 is 1.79 bits per heavy atom. The molecule has 2 aliphatic rings. The summed E-state index contributed by atoms with van der Waals surface area (Å²) in [5.74, 6) is 0. The maximum Gasteiger partial charge on any atom is 0.0793 e. The number of nitrogens with zero attached hydrogens (tertiary/aromatic N) is 2. The van der Waals surface area contributed by atoms with Crippen molar-refractivity contribution >= 4 is 0 Å². The number of ether oxygens (including phenoxy) is 1. The number of rotatable bonds is 4. The summed E-state index contributed by atoms with van der Waals surface area (Å²) in [7, 11) is 0. The molecular weight excluding hydrogens is 242 g/mol. The van der Waals surface area contributed by atoms with Crippen LogP contribution in [-0.2, 0) is 4.74 Å². The van der Waals surface area contributed by atoms with Gasteiger partial charge in [0.15, 0.2) is 0 Å². The zero-order valence-electron chi connectivity index (χ0n) is 12.3. The first-order chi connectivity index (χ1) is 9.13. The average Bonchev–Trinajstić information content (AvgIpc) is 2.55. The summed E-state index contributed by atoms with van der Waals surface area (Å²) in [6, 6.07) is 0. The van der Waals surface area contributed by atoms with Crippen molar-refractivity contribution in [1.82, 2.24) is 15.1 Å². The number of morpholine rings is 1. The number of aliphatic hydroxyl groups is 1. The molecule has 0 spiro atoms. The minimum Gasteiger partial charge on any atom is -0.390 e. The monoisotopic (exact) mass is 271 g/mol. The average molecular weight is 271 g/mol. The number of β-amino-alcohol motifs (C(OH)–C–C–N with tert-alkyl or cyclic N) is 1. The largest absolute Gasteiger partial charge is 0.390 e. The maximum absolute atomic E-state index is 10.3. The molecule has 2 N–H and O–H groups in total. The minimum atomic E-state index is -0.254. The molecule has 0 saturated carbocycles. The molecule has 2 aliphatic heterocycles. The summed E-state index contributed by atoms with van der Waals surface area (Å²) in [4.78, 5) is 4.71. The summed E-state index contributed by atoms with van der Waals surface area (Å²) in [5, 5.41) is 13.7. The van der Waals surface area contributed by atoms with Crippen LogP contribution in [0.1, 0.15) is 20.3 Å². The highest BCUT2D eigenvalue weighted by atomic mass is 16.5. The van der Waals surface area contributed by atoms with Crippen LogP contribution in [0.3, 0.4) is 0 Å². The first-order valence-electron chi connectivity index (χ1n) is 7.62. The minimum absolute atomic E-state index is 0.254. The van der Waals surface area contributed by atoms with Crippen LogP contribution in [0.4, 0.5) is 0 Å². The van der Waals surface area contributed by atoms with Crippen LogP contribution in [0.25, 0.3) is 0 Å². The maximum atomic E-state index is 10.3. The summed E-state index contributed by atoms with van der Waals surface area (Å²) >= 11 is 0. The third-order valence-corrected chi connectivity index (χ3v) is 3.87. The highest BCUT2D eigenvalue weighted by Gasteiger charge is 2.24. The van der Waals surface area contributed by atoms with Gasteiger partial charge in [-0.1, -0.05) is 0 Å². The van der Waals surface area contributed by atoms with Crippen molar-refractivity contribution in [3.63, 3.8) is 0 Å². The number of hydrogen-bond donors (Lipinski definition) is 2. The second-order valence-corrected chi connectivity index (χ2v) is 6.03. The molecular formula is C14H29N3O2. The molecule has 0 aromatic heterocycles. The molecule has 0 aromatic rings. The Labute approximate surface area is 116 Å². The van der Waals surface area contributed by atoms with Gasteiger partial charge < -0.3 is 15.2 Å². The first kappa shape index (κ1) is 15.2. The van der Waals surface area contributed by atoms with E-state index in [4.69, 9.17) is 4.74 Å². The van der Waals surface area contributed by atoms with E-state index in [1.165, 1.54) is 6.42 Å². The molecule has 19 heavy (non-hydrogen) atoms. The van der Waals surface area contributed by atoms with Crippen molar-refractivity contribution in [2.45, 2.75) is 38.6 Å². The lowest BCUT2D eigenvalue weighted by Crippen LogP contribution is -2.49. The van der Waals surface area contributed by atoms with E-state index in [9.17, 15) is 5.11 Å². The Morgan fingerprint density at radius 1 is 1.11 bits per heavy atom. The van der Waals surface area contributed by atoms with Gasteiger partial charge in [0, 0.05) is 39.3 Å². The molecule has 5 heteroatoms. The number of nitrogens with one attached hydrogen (secondary N) is 1.